The van der Waals surface area contributed by atoms with Crippen LogP contribution in [0, 0.1) is 0 Å². The van der Waals surface area contributed by atoms with Gasteiger partial charge in [-0.2, -0.15) is 13.2 Å². The molecule has 0 unspecified atom stereocenters. The van der Waals surface area contributed by atoms with Crippen molar-refractivity contribution in [3.8, 4) is 0 Å². The Morgan fingerprint density at radius 2 is 1.65 bits per heavy atom. The summed E-state index contributed by atoms with van der Waals surface area (Å²) in [6, 6.07) is 0.836. The van der Waals surface area contributed by atoms with Gasteiger partial charge in [-0.25, -0.2) is 4.98 Å². The number of ether oxygens (including phenoxy) is 4. The molecule has 0 radical (unpaired) electrons. The first-order valence-corrected chi connectivity index (χ1v) is 10.8. The fourth-order valence-electron chi connectivity index (χ4n) is 3.13. The number of nitrogens with zero attached hydrogens (tertiary/aromatic N) is 1. The van der Waals surface area contributed by atoms with Crippen molar-refractivity contribution in [2.75, 3.05) is 6.61 Å². The smallest absolute Gasteiger partial charge is 0.417 e. The largest absolute Gasteiger partial charge is 0.463 e. The molecular formula is C20H23F3N2O8S. The second-order valence-electron chi connectivity index (χ2n) is 7.22. The highest BCUT2D eigenvalue weighted by Gasteiger charge is 2.51. The van der Waals surface area contributed by atoms with Gasteiger partial charge in [0.25, 0.3) is 0 Å². The lowest BCUT2D eigenvalue weighted by Gasteiger charge is -2.44. The number of halogens is 3. The van der Waals surface area contributed by atoms with E-state index < -0.39 is 72.0 Å². The summed E-state index contributed by atoms with van der Waals surface area (Å²) in [6.07, 6.45) is -7.61. The van der Waals surface area contributed by atoms with Gasteiger partial charge in [0.15, 0.2) is 12.2 Å². The molecule has 1 aromatic heterocycles. The van der Waals surface area contributed by atoms with Crippen LogP contribution in [0.25, 0.3) is 0 Å². The maximum Gasteiger partial charge on any atom is 0.417 e. The molecule has 10 nitrogen and oxygen atoms in total. The van der Waals surface area contributed by atoms with Gasteiger partial charge in [-0.05, 0) is 12.1 Å². The summed E-state index contributed by atoms with van der Waals surface area (Å²) in [5.41, 5.74) is -2.04. The van der Waals surface area contributed by atoms with Gasteiger partial charge >= 0.3 is 24.1 Å². The van der Waals surface area contributed by atoms with E-state index in [9.17, 15) is 32.3 Å². The predicted molar refractivity (Wildman–Crippen MR) is 109 cm³/mol. The Hall–Kier alpha value is -2.87. The monoisotopic (exact) mass is 508 g/mol. The first kappa shape index (κ1) is 27.4. The number of esters is 3. The molecule has 0 spiro atoms. The van der Waals surface area contributed by atoms with Crippen LogP contribution in [-0.2, 0) is 44.3 Å². The third-order valence-electron chi connectivity index (χ3n) is 4.37. The molecular weight excluding hydrogens is 485 g/mol. The van der Waals surface area contributed by atoms with E-state index in [0.29, 0.717) is 6.20 Å². The van der Waals surface area contributed by atoms with Gasteiger partial charge in [-0.15, -0.1) is 0 Å². The molecule has 1 fully saturated rings. The summed E-state index contributed by atoms with van der Waals surface area (Å²) >= 11 is 0.836. The van der Waals surface area contributed by atoms with Gasteiger partial charge in [0.05, 0.1) is 10.6 Å². The summed E-state index contributed by atoms with van der Waals surface area (Å²) in [5, 5.41) is 2.67. The highest BCUT2D eigenvalue weighted by Crippen LogP contribution is 2.36. The van der Waals surface area contributed by atoms with Crippen LogP contribution in [0.2, 0.25) is 0 Å². The van der Waals surface area contributed by atoms with E-state index in [1.165, 1.54) is 6.92 Å². The van der Waals surface area contributed by atoms with Crippen LogP contribution in [0.1, 0.15) is 33.3 Å². The van der Waals surface area contributed by atoms with E-state index >= 15 is 0 Å². The molecule has 0 saturated carbocycles. The Balaban J connectivity index is 2.43. The number of thioether (sulfide) groups is 1. The highest BCUT2D eigenvalue weighted by atomic mass is 32.2. The fourth-order valence-corrected chi connectivity index (χ4v) is 4.19. The van der Waals surface area contributed by atoms with Crippen LogP contribution < -0.4 is 5.32 Å². The van der Waals surface area contributed by atoms with Crippen molar-refractivity contribution in [2.24, 2.45) is 0 Å². The minimum atomic E-state index is -4.58. The molecule has 1 N–H and O–H groups in total. The van der Waals surface area contributed by atoms with Crippen molar-refractivity contribution in [1.29, 1.82) is 0 Å². The first-order valence-electron chi connectivity index (χ1n) is 9.88. The average Bonchev–Trinajstić information content (AvgIpc) is 2.69. The number of amides is 1. The van der Waals surface area contributed by atoms with Gasteiger partial charge in [-0.3, -0.25) is 19.2 Å². The number of nitrogens with one attached hydrogen (secondary N) is 1. The maximum atomic E-state index is 12.9. The van der Waals surface area contributed by atoms with Crippen LogP contribution in [0.15, 0.2) is 23.4 Å². The highest BCUT2D eigenvalue weighted by molar-refractivity contribution is 7.99. The minimum absolute atomic E-state index is 0.104. The lowest BCUT2D eigenvalue weighted by atomic mass is 9.97. The average molecular weight is 508 g/mol. The Morgan fingerprint density at radius 1 is 1.03 bits per heavy atom. The minimum Gasteiger partial charge on any atom is -0.463 e. The number of hydrogen-bond acceptors (Lipinski definition) is 10. The number of pyridine rings is 1. The quantitative estimate of drug-likeness (QED) is 0.430. The number of rotatable bonds is 7. The molecule has 34 heavy (non-hydrogen) atoms. The van der Waals surface area contributed by atoms with Crippen LogP contribution in [0.5, 0.6) is 0 Å². The Morgan fingerprint density at radius 3 is 2.12 bits per heavy atom. The van der Waals surface area contributed by atoms with Gasteiger partial charge in [0.2, 0.25) is 5.91 Å². The van der Waals surface area contributed by atoms with E-state index in [1.54, 1.807) is 0 Å². The zero-order chi connectivity index (χ0) is 25.6. The van der Waals surface area contributed by atoms with E-state index in [2.05, 4.69) is 10.3 Å². The van der Waals surface area contributed by atoms with Crippen molar-refractivity contribution in [1.82, 2.24) is 10.3 Å². The molecule has 0 aliphatic carbocycles. The molecule has 2 heterocycles. The zero-order valence-electron chi connectivity index (χ0n) is 18.6. The molecule has 2 rings (SSSR count). The molecule has 1 aliphatic heterocycles. The third kappa shape index (κ3) is 7.87. The summed E-state index contributed by atoms with van der Waals surface area (Å²) in [5.74, 6) is -2.72. The number of hydrogen-bond donors (Lipinski definition) is 1. The van der Waals surface area contributed by atoms with Crippen molar-refractivity contribution in [3.63, 3.8) is 0 Å². The van der Waals surface area contributed by atoms with E-state index in [4.69, 9.17) is 18.9 Å². The normalized spacial score (nSPS) is 24.6. The fraction of sp³-hybridized carbons (Fsp3) is 0.550. The Labute approximate surface area is 196 Å². The lowest BCUT2D eigenvalue weighted by Crippen LogP contribution is -2.65. The van der Waals surface area contributed by atoms with Crippen molar-refractivity contribution >= 4 is 35.6 Å². The standard InChI is InChI=1S/C20H23F3N2O8S/c1-9(26)25-16-18(32-12(4)29)17(31-11(3)28)14(8-30-10(2)27)33-19(16)34-15-6-5-13(7-24-15)20(21,22)23/h5-7,14,16-19H,8H2,1-4H3,(H,25,26)/t14-,16-,17-,18-,19+/m1/s1. The number of carbonyl (C=O) groups excluding carboxylic acids is 4. The zero-order valence-corrected chi connectivity index (χ0v) is 19.4. The van der Waals surface area contributed by atoms with Crippen LogP contribution in [0.3, 0.4) is 0 Å². The van der Waals surface area contributed by atoms with Crippen molar-refractivity contribution in [2.45, 2.75) is 68.7 Å². The molecule has 0 aromatic carbocycles. The predicted octanol–water partition coefficient (Wildman–Crippen LogP) is 1.85. The van der Waals surface area contributed by atoms with Gasteiger partial charge in [0.1, 0.15) is 24.2 Å². The van der Waals surface area contributed by atoms with Crippen LogP contribution in [0.4, 0.5) is 13.2 Å². The van der Waals surface area contributed by atoms with Crippen molar-refractivity contribution in [3.05, 3.63) is 23.9 Å². The molecule has 1 amide bonds. The third-order valence-corrected chi connectivity index (χ3v) is 5.49. The van der Waals surface area contributed by atoms with Gasteiger partial charge in [0, 0.05) is 33.9 Å². The summed E-state index contributed by atoms with van der Waals surface area (Å²) in [4.78, 5) is 50.5. The first-order chi connectivity index (χ1) is 15.8. The second-order valence-corrected chi connectivity index (χ2v) is 8.34. The van der Waals surface area contributed by atoms with E-state index in [1.807, 2.05) is 0 Å². The van der Waals surface area contributed by atoms with Gasteiger partial charge in [-0.1, -0.05) is 11.8 Å². The van der Waals surface area contributed by atoms with Crippen LogP contribution in [-0.4, -0.2) is 65.2 Å². The SMILES string of the molecule is CC(=O)N[C@@H]1[C@@H](OC(C)=O)[C@H](OC(C)=O)[C@@H](COC(C)=O)O[C@H]1Sc1ccc(C(F)(F)F)cn1. The lowest BCUT2D eigenvalue weighted by molar-refractivity contribution is -0.211. The van der Waals surface area contributed by atoms with E-state index in [-0.39, 0.29) is 5.03 Å². The van der Waals surface area contributed by atoms with E-state index in [0.717, 1.165) is 44.7 Å². The molecule has 0 bridgehead atoms. The molecule has 1 aliphatic rings. The summed E-state index contributed by atoms with van der Waals surface area (Å²) in [7, 11) is 0. The number of alkyl halides is 3. The molecule has 1 aromatic rings. The molecule has 1 saturated heterocycles. The second kappa shape index (κ2) is 11.5. The van der Waals surface area contributed by atoms with Crippen LogP contribution >= 0.6 is 11.8 Å². The summed E-state index contributed by atoms with van der Waals surface area (Å²) < 4.78 is 60.1. The summed E-state index contributed by atoms with van der Waals surface area (Å²) in [6.45, 7) is 4.15. The Kier molecular flexibility index (Phi) is 9.27. The Bertz CT molecular complexity index is 912. The molecule has 14 heteroatoms. The molecule has 5 atom stereocenters. The maximum absolute atomic E-state index is 12.9. The number of aromatic nitrogens is 1. The topological polar surface area (TPSA) is 130 Å². The number of carbonyl (C=O) groups is 4. The molecule has 188 valence electrons. The van der Waals surface area contributed by atoms with Crippen molar-refractivity contribution < 1.29 is 51.3 Å². The van der Waals surface area contributed by atoms with Gasteiger partial charge < -0.3 is 24.3 Å².